The first kappa shape index (κ1) is 17.6. The van der Waals surface area contributed by atoms with Crippen LogP contribution in [0.4, 0.5) is 0 Å². The van der Waals surface area contributed by atoms with Gasteiger partial charge in [-0.05, 0) is 49.3 Å². The summed E-state index contributed by atoms with van der Waals surface area (Å²) in [4.78, 5) is 10.3. The predicted molar refractivity (Wildman–Crippen MR) is 109 cm³/mol. The number of aliphatic imine (C=N–C) groups is 1. The van der Waals surface area contributed by atoms with Crippen LogP contribution in [-0.4, -0.2) is 14.9 Å². The van der Waals surface area contributed by atoms with Crippen LogP contribution in [0.5, 0.6) is 0 Å². The molecule has 0 aromatic carbocycles. The molecule has 4 rings (SSSR count). The smallest absolute Gasteiger partial charge is 0.155 e. The average Bonchev–Trinajstić information content (AvgIpc) is 3.12. The lowest BCUT2D eigenvalue weighted by Crippen LogP contribution is -2.42. The van der Waals surface area contributed by atoms with Crippen molar-refractivity contribution in [1.29, 1.82) is 5.26 Å². The number of nitrogens with zero attached hydrogens (tertiary/aromatic N) is 3. The van der Waals surface area contributed by atoms with E-state index < -0.39 is 0 Å². The third-order valence-electron chi connectivity index (χ3n) is 5.44. The van der Waals surface area contributed by atoms with Gasteiger partial charge in [-0.2, -0.15) is 5.26 Å². The van der Waals surface area contributed by atoms with Gasteiger partial charge < -0.3 is 5.73 Å². The highest BCUT2D eigenvalue weighted by molar-refractivity contribution is 8.15. The lowest BCUT2D eigenvalue weighted by atomic mass is 9.78. The van der Waals surface area contributed by atoms with Crippen LogP contribution in [0.15, 0.2) is 34.9 Å². The molecule has 0 bridgehead atoms. The molecule has 1 saturated carbocycles. The number of hydrogen-bond acceptors (Lipinski definition) is 6. The number of aromatic nitrogens is 1. The summed E-state index contributed by atoms with van der Waals surface area (Å²) in [5.74, 6) is 0. The number of hydrogen-bond donors (Lipinski definition) is 1. The molecule has 2 aromatic heterocycles. The van der Waals surface area contributed by atoms with Crippen LogP contribution >= 0.6 is 23.1 Å². The Hall–Kier alpha value is -1.84. The van der Waals surface area contributed by atoms with Crippen molar-refractivity contribution in [3.63, 3.8) is 0 Å². The van der Waals surface area contributed by atoms with Gasteiger partial charge in [-0.15, -0.1) is 11.3 Å². The predicted octanol–water partition coefficient (Wildman–Crippen LogP) is 5.05. The van der Waals surface area contributed by atoms with Gasteiger partial charge in [0.15, 0.2) is 5.17 Å². The summed E-state index contributed by atoms with van der Waals surface area (Å²) in [5.41, 5.74) is 8.67. The SMILES string of the molecule is C[C@]1(c2cc(-c3cncc(C#N)c3)cs2)CC2(CCCCC2)SC(N)=N1. The van der Waals surface area contributed by atoms with Gasteiger partial charge in [-0.25, -0.2) is 0 Å². The maximum absolute atomic E-state index is 9.11. The fraction of sp³-hybridized carbons (Fsp3) is 0.450. The molecular weight excluding hydrogens is 360 g/mol. The fourth-order valence-corrected chi connectivity index (χ4v) is 6.80. The molecule has 1 fully saturated rings. The van der Waals surface area contributed by atoms with Crippen LogP contribution in [0.1, 0.15) is 55.9 Å². The zero-order valence-corrected chi connectivity index (χ0v) is 16.5. The van der Waals surface area contributed by atoms with Crippen LogP contribution in [0.3, 0.4) is 0 Å². The minimum absolute atomic E-state index is 0.241. The summed E-state index contributed by atoms with van der Waals surface area (Å²) in [6.07, 6.45) is 10.8. The van der Waals surface area contributed by atoms with Crippen LogP contribution in [-0.2, 0) is 5.54 Å². The number of pyridine rings is 1. The van der Waals surface area contributed by atoms with Crippen LogP contribution in [0, 0.1) is 11.3 Å². The zero-order valence-electron chi connectivity index (χ0n) is 14.9. The molecule has 1 aliphatic heterocycles. The standard InChI is InChI=1S/C20H22N4S2/c1-19(13-20(26-18(22)24-19)5-3-2-4-6-20)17-8-16(12-25-17)15-7-14(9-21)10-23-11-15/h7-8,10-12H,2-6,13H2,1H3,(H2,22,24)/t19-/m1/s1. The summed E-state index contributed by atoms with van der Waals surface area (Å²) >= 11 is 3.53. The first-order valence-corrected chi connectivity index (χ1v) is 10.7. The van der Waals surface area contributed by atoms with Crippen molar-refractivity contribution >= 4 is 28.3 Å². The molecule has 26 heavy (non-hydrogen) atoms. The zero-order chi connectivity index (χ0) is 18.2. The van der Waals surface area contributed by atoms with Gasteiger partial charge in [0.05, 0.1) is 11.1 Å². The van der Waals surface area contributed by atoms with Gasteiger partial charge in [0.25, 0.3) is 0 Å². The van der Waals surface area contributed by atoms with Gasteiger partial charge in [0.2, 0.25) is 0 Å². The molecule has 134 valence electrons. The van der Waals surface area contributed by atoms with E-state index in [0.29, 0.717) is 5.56 Å². The van der Waals surface area contributed by atoms with Gasteiger partial charge in [0.1, 0.15) is 6.07 Å². The van der Waals surface area contributed by atoms with Gasteiger partial charge in [-0.1, -0.05) is 31.0 Å². The maximum atomic E-state index is 9.11. The number of nitriles is 1. The molecule has 2 N–H and O–H groups in total. The summed E-state index contributed by atoms with van der Waals surface area (Å²) in [6.45, 7) is 2.22. The van der Waals surface area contributed by atoms with E-state index in [2.05, 4.69) is 29.4 Å². The molecule has 1 spiro atoms. The number of nitrogens with two attached hydrogens (primary N) is 1. The van der Waals surface area contributed by atoms with E-state index in [9.17, 15) is 0 Å². The van der Waals surface area contributed by atoms with Gasteiger partial charge in [-0.3, -0.25) is 9.98 Å². The van der Waals surface area contributed by atoms with E-state index >= 15 is 0 Å². The Morgan fingerprint density at radius 3 is 2.73 bits per heavy atom. The van der Waals surface area contributed by atoms with Crippen LogP contribution < -0.4 is 5.73 Å². The van der Waals surface area contributed by atoms with E-state index in [4.69, 9.17) is 16.0 Å². The molecule has 1 aliphatic carbocycles. The quantitative estimate of drug-likeness (QED) is 0.788. The van der Waals surface area contributed by atoms with Crippen molar-refractivity contribution in [2.75, 3.05) is 0 Å². The van der Waals surface area contributed by atoms with E-state index in [-0.39, 0.29) is 10.3 Å². The largest absolute Gasteiger partial charge is 0.378 e. The van der Waals surface area contributed by atoms with Crippen molar-refractivity contribution in [2.45, 2.75) is 55.7 Å². The Balaban J connectivity index is 1.67. The number of amidine groups is 1. The van der Waals surface area contributed by atoms with E-state index in [1.807, 2.05) is 12.3 Å². The molecule has 4 nitrogen and oxygen atoms in total. The lowest BCUT2D eigenvalue weighted by Gasteiger charge is -2.45. The van der Waals surface area contributed by atoms with E-state index in [0.717, 1.165) is 22.7 Å². The third-order valence-corrected chi connectivity index (χ3v) is 7.91. The van der Waals surface area contributed by atoms with Crippen molar-refractivity contribution < 1.29 is 0 Å². The normalized spacial score (nSPS) is 24.8. The average molecular weight is 383 g/mol. The molecule has 0 amide bonds. The minimum atomic E-state index is -0.268. The summed E-state index contributed by atoms with van der Waals surface area (Å²) in [6, 6.07) is 6.25. The molecular formula is C20H22N4S2. The highest BCUT2D eigenvalue weighted by atomic mass is 32.2. The monoisotopic (exact) mass is 382 g/mol. The van der Waals surface area contributed by atoms with Crippen molar-refractivity contribution in [1.82, 2.24) is 4.98 Å². The first-order chi connectivity index (χ1) is 12.5. The molecule has 3 heterocycles. The molecule has 0 unspecified atom stereocenters. The Bertz CT molecular complexity index is 889. The first-order valence-electron chi connectivity index (χ1n) is 9.01. The third kappa shape index (κ3) is 3.26. The number of rotatable bonds is 2. The van der Waals surface area contributed by atoms with Crippen LogP contribution in [0.2, 0.25) is 0 Å². The van der Waals surface area contributed by atoms with Crippen molar-refractivity contribution in [3.05, 3.63) is 40.3 Å². The number of thioether (sulfide) groups is 1. The van der Waals surface area contributed by atoms with E-state index in [1.165, 1.54) is 37.0 Å². The molecule has 2 aliphatic rings. The Labute approximate surface area is 162 Å². The van der Waals surface area contributed by atoms with Gasteiger partial charge >= 0.3 is 0 Å². The molecule has 6 heteroatoms. The Kier molecular flexibility index (Phi) is 4.54. The van der Waals surface area contributed by atoms with Crippen molar-refractivity contribution in [2.24, 2.45) is 10.7 Å². The maximum Gasteiger partial charge on any atom is 0.155 e. The second-order valence-electron chi connectivity index (χ2n) is 7.52. The summed E-state index contributed by atoms with van der Waals surface area (Å²) in [7, 11) is 0. The molecule has 2 aromatic rings. The second-order valence-corrected chi connectivity index (χ2v) is 9.92. The van der Waals surface area contributed by atoms with Crippen LogP contribution in [0.25, 0.3) is 11.1 Å². The lowest BCUT2D eigenvalue weighted by molar-refractivity contribution is 0.306. The molecule has 0 saturated heterocycles. The molecule has 0 radical (unpaired) electrons. The Morgan fingerprint density at radius 2 is 1.96 bits per heavy atom. The summed E-state index contributed by atoms with van der Waals surface area (Å²) in [5, 5.41) is 12.0. The van der Waals surface area contributed by atoms with E-state index in [1.54, 1.807) is 29.3 Å². The Morgan fingerprint density at radius 1 is 1.15 bits per heavy atom. The number of thiophene rings is 1. The topological polar surface area (TPSA) is 75.1 Å². The van der Waals surface area contributed by atoms with Crippen molar-refractivity contribution in [3.8, 4) is 17.2 Å². The fourth-order valence-electron chi connectivity index (χ4n) is 4.24. The highest BCUT2D eigenvalue weighted by Gasteiger charge is 2.45. The second kappa shape index (κ2) is 6.71. The van der Waals surface area contributed by atoms with Gasteiger partial charge in [0, 0.05) is 27.6 Å². The highest BCUT2D eigenvalue weighted by Crippen LogP contribution is 2.53. The summed E-state index contributed by atoms with van der Waals surface area (Å²) < 4.78 is 0.241. The molecule has 1 atom stereocenters. The minimum Gasteiger partial charge on any atom is -0.378 e.